The second kappa shape index (κ2) is 5.16. The number of amides is 1. The van der Waals surface area contributed by atoms with Crippen LogP contribution < -0.4 is 0 Å². The molecule has 2 fully saturated rings. The van der Waals surface area contributed by atoms with E-state index in [1.54, 1.807) is 6.33 Å². The van der Waals surface area contributed by atoms with Gasteiger partial charge in [-0.15, -0.1) is 0 Å². The number of carbonyl (C=O) groups is 1. The number of nitrogens with zero attached hydrogens (tertiary/aromatic N) is 5. The van der Waals surface area contributed by atoms with Crippen LogP contribution in [-0.4, -0.2) is 56.7 Å². The summed E-state index contributed by atoms with van der Waals surface area (Å²) in [5, 5.41) is 4.30. The Hall–Kier alpha value is -1.43. The van der Waals surface area contributed by atoms with Crippen molar-refractivity contribution in [2.24, 2.45) is 5.92 Å². The molecule has 0 N–H and O–H groups in total. The highest BCUT2D eigenvalue weighted by atomic mass is 16.2. The van der Waals surface area contributed by atoms with Crippen LogP contribution in [0.3, 0.4) is 0 Å². The second-order valence-corrected chi connectivity index (χ2v) is 6.22. The van der Waals surface area contributed by atoms with Crippen molar-refractivity contribution in [1.29, 1.82) is 0 Å². The van der Waals surface area contributed by atoms with E-state index in [-0.39, 0.29) is 5.92 Å². The highest BCUT2D eigenvalue weighted by molar-refractivity contribution is 5.81. The maximum Gasteiger partial charge on any atom is 0.227 e. The van der Waals surface area contributed by atoms with Crippen molar-refractivity contribution in [2.75, 3.05) is 20.1 Å². The molecule has 0 bridgehead atoms. The van der Waals surface area contributed by atoms with E-state index >= 15 is 0 Å². The Morgan fingerprint density at radius 1 is 1.45 bits per heavy atom. The molecule has 0 spiro atoms. The fraction of sp³-hybridized carbons (Fsp3) is 0.786. The predicted molar refractivity (Wildman–Crippen MR) is 75.0 cm³/mol. The first-order chi connectivity index (χ1) is 9.58. The SMILES string of the molecule is CC(C)n1ncnc1CN1CCC[C@H]2C(=O)N(C)C[C@H]21. The molecule has 6 heteroatoms. The number of likely N-dealkylation sites (N-methyl/N-ethyl adjacent to an activating group) is 1. The standard InChI is InChI=1S/C14H23N5O/c1-10(2)19-13(15-9-16-19)8-18-6-4-5-11-12(18)7-17(3)14(11)20/h9-12H,4-8H2,1-3H3/t11-,12-/m1/s1. The highest BCUT2D eigenvalue weighted by Crippen LogP contribution is 2.31. The molecule has 110 valence electrons. The van der Waals surface area contributed by atoms with Gasteiger partial charge in [0.1, 0.15) is 12.2 Å². The zero-order valence-corrected chi connectivity index (χ0v) is 12.5. The second-order valence-electron chi connectivity index (χ2n) is 6.22. The average Bonchev–Trinajstić information content (AvgIpc) is 2.98. The number of aromatic nitrogens is 3. The van der Waals surface area contributed by atoms with Gasteiger partial charge in [0, 0.05) is 25.7 Å². The predicted octanol–water partition coefficient (Wildman–Crippen LogP) is 0.912. The summed E-state index contributed by atoms with van der Waals surface area (Å²) >= 11 is 0. The maximum atomic E-state index is 12.1. The van der Waals surface area contributed by atoms with E-state index in [0.717, 1.165) is 38.3 Å². The first-order valence-corrected chi connectivity index (χ1v) is 7.45. The molecule has 0 aliphatic carbocycles. The van der Waals surface area contributed by atoms with Crippen molar-refractivity contribution in [3.8, 4) is 0 Å². The van der Waals surface area contributed by atoms with Crippen molar-refractivity contribution >= 4 is 5.91 Å². The van der Waals surface area contributed by atoms with Gasteiger partial charge < -0.3 is 4.90 Å². The van der Waals surface area contributed by atoms with Crippen molar-refractivity contribution in [1.82, 2.24) is 24.6 Å². The molecular weight excluding hydrogens is 254 g/mol. The highest BCUT2D eigenvalue weighted by Gasteiger charge is 2.43. The van der Waals surface area contributed by atoms with Crippen molar-refractivity contribution in [3.05, 3.63) is 12.2 Å². The molecule has 1 aromatic rings. The fourth-order valence-electron chi connectivity index (χ4n) is 3.51. The van der Waals surface area contributed by atoms with Crippen LogP contribution in [0.2, 0.25) is 0 Å². The third kappa shape index (κ3) is 2.22. The normalized spacial score (nSPS) is 27.4. The molecule has 2 atom stereocenters. The zero-order chi connectivity index (χ0) is 14.3. The lowest BCUT2D eigenvalue weighted by molar-refractivity contribution is -0.130. The first-order valence-electron chi connectivity index (χ1n) is 7.45. The number of likely N-dealkylation sites (tertiary alicyclic amines) is 2. The summed E-state index contributed by atoms with van der Waals surface area (Å²) in [5.74, 6) is 1.50. The van der Waals surface area contributed by atoms with Gasteiger partial charge in [-0.05, 0) is 33.2 Å². The molecule has 3 heterocycles. The van der Waals surface area contributed by atoms with Gasteiger partial charge in [-0.25, -0.2) is 9.67 Å². The monoisotopic (exact) mass is 277 g/mol. The number of rotatable bonds is 3. The molecule has 0 radical (unpaired) electrons. The summed E-state index contributed by atoms with van der Waals surface area (Å²) in [6.45, 7) is 6.92. The summed E-state index contributed by atoms with van der Waals surface area (Å²) in [5.41, 5.74) is 0. The van der Waals surface area contributed by atoms with Gasteiger partial charge in [-0.2, -0.15) is 5.10 Å². The van der Waals surface area contributed by atoms with Crippen LogP contribution in [0.1, 0.15) is 38.6 Å². The third-order valence-corrected chi connectivity index (χ3v) is 4.53. The number of hydrogen-bond acceptors (Lipinski definition) is 4. The Bertz CT molecular complexity index is 498. The quantitative estimate of drug-likeness (QED) is 0.824. The lowest BCUT2D eigenvalue weighted by Crippen LogP contribution is -2.45. The van der Waals surface area contributed by atoms with Gasteiger partial charge in [0.2, 0.25) is 5.91 Å². The molecule has 2 aliphatic heterocycles. The smallest absolute Gasteiger partial charge is 0.227 e. The van der Waals surface area contributed by atoms with Crippen LogP contribution in [0.15, 0.2) is 6.33 Å². The first kappa shape index (κ1) is 13.5. The average molecular weight is 277 g/mol. The molecule has 2 aliphatic rings. The van der Waals surface area contributed by atoms with Crippen molar-refractivity contribution in [3.63, 3.8) is 0 Å². The summed E-state index contributed by atoms with van der Waals surface area (Å²) in [6, 6.07) is 0.666. The summed E-state index contributed by atoms with van der Waals surface area (Å²) < 4.78 is 1.98. The summed E-state index contributed by atoms with van der Waals surface area (Å²) in [4.78, 5) is 20.8. The number of carbonyl (C=O) groups excluding carboxylic acids is 1. The molecule has 0 saturated carbocycles. The van der Waals surface area contributed by atoms with Gasteiger partial charge in [-0.1, -0.05) is 0 Å². The van der Waals surface area contributed by atoms with E-state index in [2.05, 4.69) is 28.8 Å². The maximum absolute atomic E-state index is 12.1. The fourth-order valence-corrected chi connectivity index (χ4v) is 3.51. The van der Waals surface area contributed by atoms with Crippen LogP contribution in [-0.2, 0) is 11.3 Å². The Morgan fingerprint density at radius 2 is 2.25 bits per heavy atom. The van der Waals surface area contributed by atoms with E-state index in [4.69, 9.17) is 0 Å². The lowest BCUT2D eigenvalue weighted by Gasteiger charge is -2.35. The summed E-state index contributed by atoms with van der Waals surface area (Å²) in [7, 11) is 1.91. The van der Waals surface area contributed by atoms with Gasteiger partial charge in [-0.3, -0.25) is 9.69 Å². The number of hydrogen-bond donors (Lipinski definition) is 0. The van der Waals surface area contributed by atoms with E-state index < -0.39 is 0 Å². The molecule has 1 aromatic heterocycles. The van der Waals surface area contributed by atoms with E-state index in [1.165, 1.54) is 0 Å². The third-order valence-electron chi connectivity index (χ3n) is 4.53. The van der Waals surface area contributed by atoms with Crippen LogP contribution in [0.4, 0.5) is 0 Å². The molecule has 3 rings (SSSR count). The number of fused-ring (bicyclic) bond motifs is 1. The van der Waals surface area contributed by atoms with E-state index in [0.29, 0.717) is 18.0 Å². The van der Waals surface area contributed by atoms with Gasteiger partial charge >= 0.3 is 0 Å². The molecule has 6 nitrogen and oxygen atoms in total. The van der Waals surface area contributed by atoms with Crippen molar-refractivity contribution in [2.45, 2.75) is 45.3 Å². The Balaban J connectivity index is 1.77. The van der Waals surface area contributed by atoms with E-state index in [1.807, 2.05) is 16.6 Å². The minimum absolute atomic E-state index is 0.184. The Morgan fingerprint density at radius 3 is 3.00 bits per heavy atom. The topological polar surface area (TPSA) is 54.3 Å². The van der Waals surface area contributed by atoms with Gasteiger partial charge in [0.25, 0.3) is 0 Å². The van der Waals surface area contributed by atoms with Crippen LogP contribution >= 0.6 is 0 Å². The Kier molecular flexibility index (Phi) is 3.50. The van der Waals surface area contributed by atoms with E-state index in [9.17, 15) is 4.79 Å². The molecule has 0 unspecified atom stereocenters. The number of piperidine rings is 1. The largest absolute Gasteiger partial charge is 0.344 e. The molecule has 0 aromatic carbocycles. The molecule has 2 saturated heterocycles. The molecular formula is C14H23N5O. The van der Waals surface area contributed by atoms with Gasteiger partial charge in [0.05, 0.1) is 12.5 Å². The summed E-state index contributed by atoms with van der Waals surface area (Å²) in [6.07, 6.45) is 3.75. The zero-order valence-electron chi connectivity index (χ0n) is 12.5. The molecule has 20 heavy (non-hydrogen) atoms. The van der Waals surface area contributed by atoms with Gasteiger partial charge in [0.15, 0.2) is 0 Å². The van der Waals surface area contributed by atoms with Crippen molar-refractivity contribution < 1.29 is 4.79 Å². The van der Waals surface area contributed by atoms with Crippen LogP contribution in [0.5, 0.6) is 0 Å². The van der Waals surface area contributed by atoms with Crippen LogP contribution in [0, 0.1) is 5.92 Å². The minimum atomic E-state index is 0.184. The minimum Gasteiger partial charge on any atom is -0.344 e. The van der Waals surface area contributed by atoms with Crippen LogP contribution in [0.25, 0.3) is 0 Å². The lowest BCUT2D eigenvalue weighted by atomic mass is 9.91. The Labute approximate surface area is 119 Å². The molecule has 1 amide bonds.